The maximum Gasteiger partial charge on any atom is 0.269 e. The van der Waals surface area contributed by atoms with E-state index in [0.29, 0.717) is 22.9 Å². The van der Waals surface area contributed by atoms with Crippen LogP contribution < -0.4 is 15.5 Å². The number of hydrogen-bond donors (Lipinski definition) is 2. The number of nitrogens with zero attached hydrogens (tertiary/aromatic N) is 2. The lowest BCUT2D eigenvalue weighted by molar-refractivity contribution is -0.131. The van der Waals surface area contributed by atoms with Crippen molar-refractivity contribution in [3.8, 4) is 5.75 Å². The number of rotatable bonds is 13. The number of halogens is 1. The molecule has 3 aromatic carbocycles. The second kappa shape index (κ2) is 14.6. The van der Waals surface area contributed by atoms with Crippen LogP contribution in [0.25, 0.3) is 0 Å². The predicted octanol–water partition coefficient (Wildman–Crippen LogP) is 5.97. The standard InChI is InChI=1S/C31H33ClN4O4S/c1-2-3-4-8-19-40-26-17-15-25(16-18-26)33-28(37)20-27-30(39)35(21-22-9-6-5-7-10-22)31(41)36(27)34-29(38)23-11-13-24(32)14-12-23/h5-7,9-18,27H,2-4,8,19-21H2,1H3,(H,33,37)(H,34,38). The third-order valence-electron chi connectivity index (χ3n) is 6.60. The van der Waals surface area contributed by atoms with Gasteiger partial charge in [0.1, 0.15) is 11.8 Å². The van der Waals surface area contributed by atoms with Crippen LogP contribution in [0.15, 0.2) is 78.9 Å². The highest BCUT2D eigenvalue weighted by molar-refractivity contribution is 7.80. The number of benzene rings is 3. The zero-order valence-electron chi connectivity index (χ0n) is 22.8. The molecular formula is C31H33ClN4O4S. The predicted molar refractivity (Wildman–Crippen MR) is 163 cm³/mol. The van der Waals surface area contributed by atoms with E-state index in [0.717, 1.165) is 24.2 Å². The summed E-state index contributed by atoms with van der Waals surface area (Å²) < 4.78 is 5.77. The molecule has 0 saturated carbocycles. The van der Waals surface area contributed by atoms with Crippen LogP contribution in [0.5, 0.6) is 5.75 Å². The van der Waals surface area contributed by atoms with E-state index in [1.54, 1.807) is 48.5 Å². The number of hydrogen-bond acceptors (Lipinski definition) is 5. The number of nitrogens with one attached hydrogen (secondary N) is 2. The molecule has 0 radical (unpaired) electrons. The van der Waals surface area contributed by atoms with E-state index in [1.807, 2.05) is 30.3 Å². The topological polar surface area (TPSA) is 91.0 Å². The van der Waals surface area contributed by atoms with Gasteiger partial charge in [0.15, 0.2) is 5.11 Å². The minimum Gasteiger partial charge on any atom is -0.494 e. The fraction of sp³-hybridized carbons (Fsp3) is 0.290. The average Bonchev–Trinajstić information content (AvgIpc) is 3.18. The molecule has 1 atom stereocenters. The summed E-state index contributed by atoms with van der Waals surface area (Å²) in [6.07, 6.45) is 4.27. The zero-order valence-corrected chi connectivity index (χ0v) is 24.4. The molecule has 0 aromatic heterocycles. The number of hydrazine groups is 1. The summed E-state index contributed by atoms with van der Waals surface area (Å²) in [6, 6.07) is 21.8. The number of unbranched alkanes of at least 4 members (excludes halogenated alkanes) is 3. The average molecular weight is 593 g/mol. The number of carbonyl (C=O) groups is 3. The zero-order chi connectivity index (χ0) is 29.2. The second-order valence-electron chi connectivity index (χ2n) is 9.71. The molecule has 41 heavy (non-hydrogen) atoms. The van der Waals surface area contributed by atoms with Gasteiger partial charge in [-0.15, -0.1) is 0 Å². The van der Waals surface area contributed by atoms with Crippen molar-refractivity contribution in [3.63, 3.8) is 0 Å². The van der Waals surface area contributed by atoms with Crippen LogP contribution in [0.2, 0.25) is 5.02 Å². The molecule has 3 aromatic rings. The summed E-state index contributed by atoms with van der Waals surface area (Å²) in [5, 5.41) is 4.73. The van der Waals surface area contributed by atoms with Crippen LogP contribution in [0.3, 0.4) is 0 Å². The Morgan fingerprint density at radius 2 is 1.66 bits per heavy atom. The Balaban J connectivity index is 1.43. The van der Waals surface area contributed by atoms with Crippen molar-refractivity contribution in [1.82, 2.24) is 15.3 Å². The number of anilines is 1. The SMILES string of the molecule is CCCCCCOc1ccc(NC(=O)CC2C(=O)N(Cc3ccccc3)C(=S)N2NC(=O)c2ccc(Cl)cc2)cc1. The first kappa shape index (κ1) is 30.0. The van der Waals surface area contributed by atoms with Gasteiger partial charge in [-0.1, -0.05) is 68.1 Å². The van der Waals surface area contributed by atoms with Gasteiger partial charge in [-0.25, -0.2) is 5.01 Å². The van der Waals surface area contributed by atoms with Crippen molar-refractivity contribution in [2.45, 2.75) is 51.6 Å². The van der Waals surface area contributed by atoms with Crippen molar-refractivity contribution in [1.29, 1.82) is 0 Å². The van der Waals surface area contributed by atoms with E-state index in [1.165, 1.54) is 22.8 Å². The lowest BCUT2D eigenvalue weighted by Crippen LogP contribution is -2.49. The van der Waals surface area contributed by atoms with Crippen molar-refractivity contribution < 1.29 is 19.1 Å². The number of amides is 3. The van der Waals surface area contributed by atoms with Gasteiger partial charge in [0.05, 0.1) is 19.6 Å². The van der Waals surface area contributed by atoms with E-state index >= 15 is 0 Å². The Morgan fingerprint density at radius 3 is 2.34 bits per heavy atom. The summed E-state index contributed by atoms with van der Waals surface area (Å²) in [7, 11) is 0. The van der Waals surface area contributed by atoms with E-state index in [9.17, 15) is 14.4 Å². The van der Waals surface area contributed by atoms with Crippen LogP contribution in [-0.2, 0) is 16.1 Å². The molecule has 1 heterocycles. The molecule has 1 fully saturated rings. The summed E-state index contributed by atoms with van der Waals surface area (Å²) in [5.74, 6) is -0.526. The molecule has 1 unspecified atom stereocenters. The maximum absolute atomic E-state index is 13.5. The van der Waals surface area contributed by atoms with Gasteiger partial charge < -0.3 is 10.1 Å². The molecule has 0 bridgehead atoms. The van der Waals surface area contributed by atoms with Crippen LogP contribution in [0.1, 0.15) is 54.9 Å². The molecule has 0 aliphatic carbocycles. The Labute approximate surface area is 250 Å². The molecule has 10 heteroatoms. The highest BCUT2D eigenvalue weighted by atomic mass is 35.5. The largest absolute Gasteiger partial charge is 0.494 e. The number of ether oxygens (including phenoxy) is 1. The van der Waals surface area contributed by atoms with Gasteiger partial charge in [0.2, 0.25) is 5.91 Å². The third-order valence-corrected chi connectivity index (χ3v) is 7.26. The fourth-order valence-corrected chi connectivity index (χ4v) is 4.83. The van der Waals surface area contributed by atoms with Gasteiger partial charge >= 0.3 is 0 Å². The number of thiocarbonyl (C=S) groups is 1. The maximum atomic E-state index is 13.5. The lowest BCUT2D eigenvalue weighted by atomic mass is 10.1. The first-order valence-corrected chi connectivity index (χ1v) is 14.4. The van der Waals surface area contributed by atoms with Crippen LogP contribution in [-0.4, -0.2) is 45.4 Å². The van der Waals surface area contributed by atoms with Crippen LogP contribution >= 0.6 is 23.8 Å². The summed E-state index contributed by atoms with van der Waals surface area (Å²) >= 11 is 11.6. The fourth-order valence-electron chi connectivity index (χ4n) is 4.38. The summed E-state index contributed by atoms with van der Waals surface area (Å²) in [6.45, 7) is 3.02. The first-order valence-electron chi connectivity index (χ1n) is 13.6. The highest BCUT2D eigenvalue weighted by Gasteiger charge is 2.44. The minimum absolute atomic E-state index is 0.111. The normalized spacial score (nSPS) is 14.7. The Hall–Kier alpha value is -3.95. The Bertz CT molecular complexity index is 1350. The van der Waals surface area contributed by atoms with E-state index < -0.39 is 17.9 Å². The van der Waals surface area contributed by atoms with E-state index in [4.69, 9.17) is 28.6 Å². The molecular weight excluding hydrogens is 560 g/mol. The van der Waals surface area contributed by atoms with Gasteiger partial charge in [-0.3, -0.25) is 24.7 Å². The Kier molecular flexibility index (Phi) is 10.7. The lowest BCUT2D eigenvalue weighted by Gasteiger charge is -2.24. The van der Waals surface area contributed by atoms with Crippen LogP contribution in [0, 0.1) is 0 Å². The summed E-state index contributed by atoms with van der Waals surface area (Å²) in [5.41, 5.74) is 4.49. The molecule has 214 valence electrons. The monoisotopic (exact) mass is 592 g/mol. The minimum atomic E-state index is -1.02. The molecule has 0 spiro atoms. The van der Waals surface area contributed by atoms with E-state index in [2.05, 4.69) is 17.7 Å². The molecule has 1 saturated heterocycles. The van der Waals surface area contributed by atoms with Crippen molar-refractivity contribution in [2.75, 3.05) is 11.9 Å². The third kappa shape index (κ3) is 8.28. The van der Waals surface area contributed by atoms with Gasteiger partial charge in [0.25, 0.3) is 11.8 Å². The van der Waals surface area contributed by atoms with Crippen LogP contribution in [0.4, 0.5) is 5.69 Å². The molecule has 2 N–H and O–H groups in total. The molecule has 1 aliphatic rings. The molecule has 3 amide bonds. The first-order chi connectivity index (χ1) is 19.9. The highest BCUT2D eigenvalue weighted by Crippen LogP contribution is 2.23. The number of carbonyl (C=O) groups excluding carboxylic acids is 3. The molecule has 4 rings (SSSR count). The van der Waals surface area contributed by atoms with Crippen molar-refractivity contribution in [3.05, 3.63) is 95.0 Å². The van der Waals surface area contributed by atoms with Crippen molar-refractivity contribution >= 4 is 52.3 Å². The summed E-state index contributed by atoms with van der Waals surface area (Å²) in [4.78, 5) is 41.0. The molecule has 8 nitrogen and oxygen atoms in total. The van der Waals surface area contributed by atoms with E-state index in [-0.39, 0.29) is 24.0 Å². The van der Waals surface area contributed by atoms with Gasteiger partial charge in [-0.2, -0.15) is 0 Å². The Morgan fingerprint density at radius 1 is 0.951 bits per heavy atom. The second-order valence-corrected chi connectivity index (χ2v) is 10.5. The quantitative estimate of drug-likeness (QED) is 0.188. The van der Waals surface area contributed by atoms with Gasteiger partial charge in [-0.05, 0) is 72.7 Å². The smallest absolute Gasteiger partial charge is 0.269 e. The molecule has 1 aliphatic heterocycles. The van der Waals surface area contributed by atoms with Crippen molar-refractivity contribution in [2.24, 2.45) is 0 Å². The van der Waals surface area contributed by atoms with Gasteiger partial charge in [0, 0.05) is 16.3 Å².